The summed E-state index contributed by atoms with van der Waals surface area (Å²) in [5.41, 5.74) is 10.9. The molecule has 0 unspecified atom stereocenters. The Hall–Kier alpha value is -0.0800. The first-order valence-corrected chi connectivity index (χ1v) is 4.23. The first-order valence-electron chi connectivity index (χ1n) is 4.23. The molecule has 0 amide bonds. The Bertz CT molecular complexity index is 62.3. The molecule has 0 spiro atoms. The predicted octanol–water partition coefficient (Wildman–Crippen LogP) is 1.24. The lowest BCUT2D eigenvalue weighted by Crippen LogP contribution is -2.13. The van der Waals surface area contributed by atoms with Crippen LogP contribution < -0.4 is 11.5 Å². The van der Waals surface area contributed by atoms with Crippen LogP contribution in [0, 0.1) is 0 Å². The van der Waals surface area contributed by atoms with Crippen LogP contribution >= 0.6 is 0 Å². The molecular weight excluding hydrogens is 124 g/mol. The smallest absolute Gasteiger partial charge is 0.00104 e. The molecule has 0 saturated carbocycles. The van der Waals surface area contributed by atoms with E-state index in [2.05, 4.69) is 6.92 Å². The van der Waals surface area contributed by atoms with Gasteiger partial charge in [0.2, 0.25) is 0 Å². The molecule has 0 aromatic rings. The van der Waals surface area contributed by atoms with Crippen molar-refractivity contribution in [1.82, 2.24) is 0 Å². The lowest BCUT2D eigenvalue weighted by molar-refractivity contribution is 0.569. The van der Waals surface area contributed by atoms with Gasteiger partial charge in [0.1, 0.15) is 0 Å². The normalized spacial score (nSPS) is 13.5. The Morgan fingerprint density at radius 1 is 1.10 bits per heavy atom. The van der Waals surface area contributed by atoms with Crippen LogP contribution in [0.15, 0.2) is 0 Å². The Morgan fingerprint density at radius 3 is 2.20 bits per heavy atom. The summed E-state index contributed by atoms with van der Waals surface area (Å²) < 4.78 is 0. The monoisotopic (exact) mass is 144 g/mol. The largest absolute Gasteiger partial charge is 0.330 e. The molecule has 0 aromatic heterocycles. The molecule has 0 aliphatic carbocycles. The zero-order chi connectivity index (χ0) is 7.82. The summed E-state index contributed by atoms with van der Waals surface area (Å²) in [6.07, 6.45) is 6.14. The highest BCUT2D eigenvalue weighted by Crippen LogP contribution is 2.03. The number of hydrogen-bond acceptors (Lipinski definition) is 2. The third-order valence-electron chi connectivity index (χ3n) is 1.61. The van der Waals surface area contributed by atoms with Crippen molar-refractivity contribution >= 4 is 0 Å². The number of rotatable bonds is 6. The van der Waals surface area contributed by atoms with E-state index in [-0.39, 0.29) is 0 Å². The minimum absolute atomic E-state index is 0.373. The van der Waals surface area contributed by atoms with Crippen molar-refractivity contribution in [2.45, 2.75) is 45.1 Å². The Kier molecular flexibility index (Phi) is 6.98. The Morgan fingerprint density at radius 2 is 1.70 bits per heavy atom. The summed E-state index contributed by atoms with van der Waals surface area (Å²) in [5.74, 6) is 0. The number of unbranched alkanes of at least 4 members (excludes halogenated alkanes) is 3. The van der Waals surface area contributed by atoms with Crippen molar-refractivity contribution in [1.29, 1.82) is 0 Å². The standard InChI is InChI=1S/C8H20N2/c1-8(10)6-4-2-3-5-7-9/h8H,2-7,9-10H2,1H3/t8-/m1/s1. The third kappa shape index (κ3) is 7.92. The molecule has 0 aliphatic heterocycles. The molecule has 0 aliphatic rings. The topological polar surface area (TPSA) is 52.0 Å². The van der Waals surface area contributed by atoms with Crippen LogP contribution in [0.2, 0.25) is 0 Å². The van der Waals surface area contributed by atoms with Crippen molar-refractivity contribution in [3.05, 3.63) is 0 Å². The van der Waals surface area contributed by atoms with E-state index < -0.39 is 0 Å². The van der Waals surface area contributed by atoms with Crippen molar-refractivity contribution in [3.63, 3.8) is 0 Å². The quantitative estimate of drug-likeness (QED) is 0.551. The maximum atomic E-state index is 5.58. The van der Waals surface area contributed by atoms with E-state index >= 15 is 0 Å². The van der Waals surface area contributed by atoms with Crippen LogP contribution in [0.1, 0.15) is 39.0 Å². The second kappa shape index (κ2) is 7.03. The molecule has 0 saturated heterocycles. The van der Waals surface area contributed by atoms with E-state index in [1.807, 2.05) is 0 Å². The minimum Gasteiger partial charge on any atom is -0.330 e. The number of nitrogens with two attached hydrogens (primary N) is 2. The zero-order valence-electron chi connectivity index (χ0n) is 6.97. The summed E-state index contributed by atoms with van der Waals surface area (Å²) in [4.78, 5) is 0. The van der Waals surface area contributed by atoms with Crippen molar-refractivity contribution in [3.8, 4) is 0 Å². The van der Waals surface area contributed by atoms with Gasteiger partial charge in [-0.15, -0.1) is 0 Å². The average molecular weight is 144 g/mol. The van der Waals surface area contributed by atoms with Gasteiger partial charge in [0.05, 0.1) is 0 Å². The van der Waals surface area contributed by atoms with E-state index in [9.17, 15) is 0 Å². The molecule has 62 valence electrons. The fourth-order valence-corrected chi connectivity index (χ4v) is 0.964. The third-order valence-corrected chi connectivity index (χ3v) is 1.61. The van der Waals surface area contributed by atoms with Gasteiger partial charge < -0.3 is 11.5 Å². The van der Waals surface area contributed by atoms with Crippen molar-refractivity contribution < 1.29 is 0 Å². The summed E-state index contributed by atoms with van der Waals surface area (Å²) >= 11 is 0. The molecule has 2 nitrogen and oxygen atoms in total. The second-order valence-corrected chi connectivity index (χ2v) is 2.97. The highest BCUT2D eigenvalue weighted by molar-refractivity contribution is 4.53. The van der Waals surface area contributed by atoms with E-state index in [1.165, 1.54) is 25.7 Å². The van der Waals surface area contributed by atoms with E-state index in [4.69, 9.17) is 11.5 Å². The summed E-state index contributed by atoms with van der Waals surface area (Å²) in [5, 5.41) is 0. The van der Waals surface area contributed by atoms with Gasteiger partial charge in [0.25, 0.3) is 0 Å². The van der Waals surface area contributed by atoms with Gasteiger partial charge in [-0.25, -0.2) is 0 Å². The van der Waals surface area contributed by atoms with Crippen molar-refractivity contribution in [2.24, 2.45) is 11.5 Å². The molecule has 0 radical (unpaired) electrons. The Labute approximate surface area is 64.0 Å². The maximum absolute atomic E-state index is 5.58. The molecule has 2 heteroatoms. The van der Waals surface area contributed by atoms with Crippen LogP contribution in [0.3, 0.4) is 0 Å². The van der Waals surface area contributed by atoms with Gasteiger partial charge >= 0.3 is 0 Å². The van der Waals surface area contributed by atoms with Crippen LogP contribution in [-0.2, 0) is 0 Å². The summed E-state index contributed by atoms with van der Waals surface area (Å²) in [7, 11) is 0. The van der Waals surface area contributed by atoms with Crippen LogP contribution in [0.25, 0.3) is 0 Å². The van der Waals surface area contributed by atoms with Crippen LogP contribution in [0.4, 0.5) is 0 Å². The molecule has 10 heavy (non-hydrogen) atoms. The van der Waals surface area contributed by atoms with E-state index in [0.29, 0.717) is 6.04 Å². The van der Waals surface area contributed by atoms with Crippen LogP contribution in [-0.4, -0.2) is 12.6 Å². The van der Waals surface area contributed by atoms with Gasteiger partial charge in [0, 0.05) is 6.04 Å². The van der Waals surface area contributed by atoms with Crippen molar-refractivity contribution in [2.75, 3.05) is 6.54 Å². The van der Waals surface area contributed by atoms with Gasteiger partial charge in [-0.2, -0.15) is 0 Å². The van der Waals surface area contributed by atoms with E-state index in [0.717, 1.165) is 13.0 Å². The highest BCUT2D eigenvalue weighted by atomic mass is 14.6. The second-order valence-electron chi connectivity index (χ2n) is 2.97. The van der Waals surface area contributed by atoms with Gasteiger partial charge in [-0.3, -0.25) is 0 Å². The van der Waals surface area contributed by atoms with Gasteiger partial charge in [0.15, 0.2) is 0 Å². The minimum atomic E-state index is 0.373. The highest BCUT2D eigenvalue weighted by Gasteiger charge is 1.92. The molecule has 0 heterocycles. The van der Waals surface area contributed by atoms with Crippen LogP contribution in [0.5, 0.6) is 0 Å². The maximum Gasteiger partial charge on any atom is 0.00104 e. The fourth-order valence-electron chi connectivity index (χ4n) is 0.964. The number of hydrogen-bond donors (Lipinski definition) is 2. The molecule has 0 bridgehead atoms. The molecule has 0 rings (SSSR count). The first-order chi connectivity index (χ1) is 4.77. The van der Waals surface area contributed by atoms with Gasteiger partial charge in [-0.05, 0) is 26.3 Å². The lowest BCUT2D eigenvalue weighted by Gasteiger charge is -2.02. The summed E-state index contributed by atoms with van der Waals surface area (Å²) in [6.45, 7) is 2.89. The average Bonchev–Trinajstić information content (AvgIpc) is 1.87. The molecule has 4 N–H and O–H groups in total. The predicted molar refractivity (Wildman–Crippen MR) is 45.8 cm³/mol. The van der Waals surface area contributed by atoms with E-state index in [1.54, 1.807) is 0 Å². The molecule has 1 atom stereocenters. The van der Waals surface area contributed by atoms with Gasteiger partial charge in [-0.1, -0.05) is 19.3 Å². The molecule has 0 aromatic carbocycles. The molecular formula is C8H20N2. The molecule has 0 fully saturated rings. The lowest BCUT2D eigenvalue weighted by atomic mass is 10.1. The Balaban J connectivity index is 2.77. The zero-order valence-corrected chi connectivity index (χ0v) is 6.97. The SMILES string of the molecule is C[C@@H](N)CCCCCCN. The fraction of sp³-hybridized carbons (Fsp3) is 1.00. The first kappa shape index (κ1) is 9.92. The summed E-state index contributed by atoms with van der Waals surface area (Å²) in [6, 6.07) is 0.373.